The molecule has 4 heterocycles. The Morgan fingerprint density at radius 1 is 0.971 bits per heavy atom. The summed E-state index contributed by atoms with van der Waals surface area (Å²) >= 11 is 0. The van der Waals surface area contributed by atoms with Crippen LogP contribution in [0.3, 0.4) is 0 Å². The van der Waals surface area contributed by atoms with Crippen molar-refractivity contribution in [1.29, 1.82) is 0 Å². The van der Waals surface area contributed by atoms with Crippen LogP contribution in [0, 0.1) is 25.5 Å². The van der Waals surface area contributed by atoms with E-state index in [9.17, 15) is 8.78 Å². The van der Waals surface area contributed by atoms with Crippen molar-refractivity contribution in [3.05, 3.63) is 59.2 Å². The van der Waals surface area contributed by atoms with Crippen LogP contribution in [0.2, 0.25) is 0 Å². The first-order valence-corrected chi connectivity index (χ1v) is 11.8. The minimum Gasteiger partial charge on any atom is -0.365 e. The molecule has 0 radical (unpaired) electrons. The van der Waals surface area contributed by atoms with E-state index in [2.05, 4.69) is 9.97 Å². The third kappa shape index (κ3) is 4.12. The van der Waals surface area contributed by atoms with Crippen molar-refractivity contribution in [3.63, 3.8) is 0 Å². The van der Waals surface area contributed by atoms with E-state index in [0.29, 0.717) is 41.9 Å². The van der Waals surface area contributed by atoms with E-state index in [-0.39, 0.29) is 23.5 Å². The Hall–Kier alpha value is -3.53. The van der Waals surface area contributed by atoms with Crippen LogP contribution >= 0.6 is 0 Å². The average molecular weight is 478 g/mol. The van der Waals surface area contributed by atoms with Gasteiger partial charge in [0.2, 0.25) is 5.95 Å². The fraction of sp³-hybridized carbons (Fsp3) is 0.400. The molecule has 1 aromatic carbocycles. The number of anilines is 1. The highest BCUT2D eigenvalue weighted by Crippen LogP contribution is 2.36. The molecule has 0 amide bonds. The molecule has 180 valence electrons. The summed E-state index contributed by atoms with van der Waals surface area (Å²) in [6, 6.07) is 5.92. The quantitative estimate of drug-likeness (QED) is 0.429. The molecule has 8 nitrogen and oxygen atoms in total. The second-order valence-electron chi connectivity index (χ2n) is 9.36. The Bertz CT molecular complexity index is 1440. The zero-order valence-corrected chi connectivity index (χ0v) is 19.7. The number of ether oxygens (including phenoxy) is 1. The Labute approximate surface area is 201 Å². The summed E-state index contributed by atoms with van der Waals surface area (Å²) in [5.41, 5.74) is 3.47. The number of hydrogen-bond acceptors (Lipinski definition) is 7. The van der Waals surface area contributed by atoms with Crippen LogP contribution in [0.15, 0.2) is 30.5 Å². The Morgan fingerprint density at radius 2 is 1.77 bits per heavy atom. The first kappa shape index (κ1) is 22.0. The van der Waals surface area contributed by atoms with Crippen molar-refractivity contribution in [3.8, 4) is 11.3 Å². The lowest BCUT2D eigenvalue weighted by atomic mass is 10.1. The van der Waals surface area contributed by atoms with Crippen LogP contribution in [-0.4, -0.2) is 48.9 Å². The lowest BCUT2D eigenvalue weighted by Crippen LogP contribution is -2.44. The number of aryl methyl sites for hydroxylation is 2. The highest BCUT2D eigenvalue weighted by molar-refractivity contribution is 5.88. The molecule has 0 N–H and O–H groups in total. The van der Waals surface area contributed by atoms with Gasteiger partial charge in [0.25, 0.3) is 0 Å². The van der Waals surface area contributed by atoms with E-state index in [1.165, 1.54) is 12.1 Å². The molecule has 6 rings (SSSR count). The van der Waals surface area contributed by atoms with Gasteiger partial charge in [-0.1, -0.05) is 0 Å². The van der Waals surface area contributed by atoms with Crippen molar-refractivity contribution >= 4 is 17.1 Å². The van der Waals surface area contributed by atoms with Crippen LogP contribution in [0.1, 0.15) is 49.0 Å². The maximum atomic E-state index is 14.8. The second-order valence-corrected chi connectivity index (χ2v) is 9.36. The van der Waals surface area contributed by atoms with Crippen molar-refractivity contribution in [1.82, 2.24) is 29.7 Å². The van der Waals surface area contributed by atoms with Crippen molar-refractivity contribution in [2.75, 3.05) is 18.0 Å². The van der Waals surface area contributed by atoms with Gasteiger partial charge in [-0.2, -0.15) is 10.1 Å². The monoisotopic (exact) mass is 477 g/mol. The summed E-state index contributed by atoms with van der Waals surface area (Å²) < 4.78 is 36.7. The molecule has 10 heteroatoms. The number of nitrogens with zero attached hydrogens (tertiary/aromatic N) is 7. The maximum Gasteiger partial charge on any atom is 0.228 e. The van der Waals surface area contributed by atoms with Gasteiger partial charge >= 0.3 is 0 Å². The van der Waals surface area contributed by atoms with Crippen molar-refractivity contribution in [2.24, 2.45) is 0 Å². The van der Waals surface area contributed by atoms with Crippen LogP contribution in [0.4, 0.5) is 14.7 Å². The van der Waals surface area contributed by atoms with Gasteiger partial charge in [-0.3, -0.25) is 4.68 Å². The molecule has 35 heavy (non-hydrogen) atoms. The number of aromatic nitrogens is 6. The molecule has 0 spiro atoms. The maximum absolute atomic E-state index is 14.8. The number of fused-ring (bicyclic) bond motifs is 1. The Balaban J connectivity index is 1.43. The van der Waals surface area contributed by atoms with Gasteiger partial charge in [0, 0.05) is 24.4 Å². The fourth-order valence-electron chi connectivity index (χ4n) is 4.46. The first-order chi connectivity index (χ1) is 16.9. The van der Waals surface area contributed by atoms with Crippen molar-refractivity contribution in [2.45, 2.75) is 51.9 Å². The molecule has 2 aliphatic rings. The Kier molecular flexibility index (Phi) is 5.21. The summed E-state index contributed by atoms with van der Waals surface area (Å²) in [6.07, 6.45) is 3.96. The van der Waals surface area contributed by atoms with Gasteiger partial charge < -0.3 is 9.64 Å². The van der Waals surface area contributed by atoms with Gasteiger partial charge in [0.05, 0.1) is 35.8 Å². The Morgan fingerprint density at radius 3 is 2.54 bits per heavy atom. The molecule has 0 bridgehead atoms. The molecular weight excluding hydrogens is 452 g/mol. The van der Waals surface area contributed by atoms with E-state index in [4.69, 9.17) is 19.8 Å². The molecule has 0 unspecified atom stereocenters. The summed E-state index contributed by atoms with van der Waals surface area (Å²) in [5.74, 6) is -0.969. The predicted octanol–water partition coefficient (Wildman–Crippen LogP) is 4.48. The van der Waals surface area contributed by atoms with Gasteiger partial charge in [0.1, 0.15) is 28.9 Å². The molecule has 2 fully saturated rings. The van der Waals surface area contributed by atoms with E-state index in [0.717, 1.165) is 30.3 Å². The number of hydrogen-bond donors (Lipinski definition) is 0. The highest BCUT2D eigenvalue weighted by atomic mass is 19.1. The van der Waals surface area contributed by atoms with Crippen LogP contribution < -0.4 is 4.90 Å². The topological polar surface area (TPSA) is 81.9 Å². The molecule has 1 saturated carbocycles. The zero-order valence-electron chi connectivity index (χ0n) is 19.7. The van der Waals surface area contributed by atoms with E-state index in [1.54, 1.807) is 0 Å². The molecule has 2 atom stereocenters. The summed E-state index contributed by atoms with van der Waals surface area (Å²) in [7, 11) is 0. The number of halogens is 2. The van der Waals surface area contributed by atoms with E-state index in [1.807, 2.05) is 42.6 Å². The molecule has 4 aromatic rings. The van der Waals surface area contributed by atoms with Crippen molar-refractivity contribution < 1.29 is 13.5 Å². The largest absolute Gasteiger partial charge is 0.365 e. The summed E-state index contributed by atoms with van der Waals surface area (Å²) in [4.78, 5) is 20.7. The minimum absolute atomic E-state index is 0.101. The molecule has 1 aliphatic carbocycles. The van der Waals surface area contributed by atoms with E-state index < -0.39 is 11.6 Å². The second kappa shape index (κ2) is 8.30. The van der Waals surface area contributed by atoms with Gasteiger partial charge in [-0.25, -0.2) is 23.7 Å². The van der Waals surface area contributed by atoms with Gasteiger partial charge in [-0.15, -0.1) is 0 Å². The van der Waals surface area contributed by atoms with Crippen LogP contribution in [0.25, 0.3) is 22.4 Å². The highest BCUT2D eigenvalue weighted by Gasteiger charge is 2.32. The molecule has 1 aliphatic heterocycles. The smallest absolute Gasteiger partial charge is 0.228 e. The van der Waals surface area contributed by atoms with Gasteiger partial charge in [-0.05, 0) is 51.8 Å². The van der Waals surface area contributed by atoms with Gasteiger partial charge in [0.15, 0.2) is 5.65 Å². The molecule has 3 aromatic heterocycles. The fourth-order valence-corrected chi connectivity index (χ4v) is 4.46. The number of morpholine rings is 1. The molecule has 1 saturated heterocycles. The third-order valence-electron chi connectivity index (χ3n) is 6.54. The normalized spacial score (nSPS) is 20.5. The lowest BCUT2D eigenvalue weighted by molar-refractivity contribution is -0.0203. The predicted molar refractivity (Wildman–Crippen MR) is 126 cm³/mol. The summed E-state index contributed by atoms with van der Waals surface area (Å²) in [6.45, 7) is 6.71. The van der Waals surface area contributed by atoms with Crippen LogP contribution in [0.5, 0.6) is 0 Å². The standard InChI is InChI=1S/C25H25F2N7O/c1-13-11-33(12-21(35-13)20-8-9-34(32-20)17-5-6-17)25-30-22(18-7-4-16(26)10-19(18)27)23-24(31-25)29-15(3)14(2)28-23/h4,7-10,13,17,21H,5-6,11-12H2,1-3H3/t13-,21+/m0/s1. The van der Waals surface area contributed by atoms with Crippen LogP contribution in [-0.2, 0) is 4.74 Å². The average Bonchev–Trinajstić information content (AvgIpc) is 3.55. The zero-order chi connectivity index (χ0) is 24.3. The summed E-state index contributed by atoms with van der Waals surface area (Å²) in [5, 5.41) is 4.73. The number of rotatable bonds is 4. The minimum atomic E-state index is -0.713. The third-order valence-corrected chi connectivity index (χ3v) is 6.54. The lowest BCUT2D eigenvalue weighted by Gasteiger charge is -2.36. The number of benzene rings is 1. The first-order valence-electron chi connectivity index (χ1n) is 11.8. The SMILES string of the molecule is Cc1nc2nc(N3C[C@H](C)O[C@@H](c4ccn(C5CC5)n4)C3)nc(-c3ccc(F)cc3F)c2nc1C. The molecular formula is C25H25F2N7O. The van der Waals surface area contributed by atoms with E-state index >= 15 is 0 Å².